The first-order valence-corrected chi connectivity index (χ1v) is 4.75. The molecule has 1 aliphatic heterocycles. The van der Waals surface area contributed by atoms with Crippen molar-refractivity contribution in [1.29, 1.82) is 0 Å². The monoisotopic (exact) mass is 133 g/mol. The van der Waals surface area contributed by atoms with Crippen molar-refractivity contribution in [2.45, 2.75) is 12.5 Å². The van der Waals surface area contributed by atoms with Gasteiger partial charge in [0.15, 0.2) is 0 Å². The first kappa shape index (κ1) is 6.11. The molecule has 2 nitrogen and oxygen atoms in total. The molecule has 0 saturated carbocycles. The maximum Gasteiger partial charge on any atom is 0.0311 e. The molecule has 48 valence electrons. The molecule has 0 aliphatic carbocycles. The van der Waals surface area contributed by atoms with E-state index in [9.17, 15) is 4.21 Å². The predicted molar refractivity (Wildman–Crippen MR) is 37.6 cm³/mol. The van der Waals surface area contributed by atoms with Gasteiger partial charge >= 0.3 is 0 Å². The molecule has 0 bridgehead atoms. The van der Waals surface area contributed by atoms with Gasteiger partial charge in [-0.25, -0.2) is 0 Å². The van der Waals surface area contributed by atoms with E-state index in [0.717, 1.165) is 12.2 Å². The SMILES string of the molecule is C=S1(=O)CCC(N)C1. The zero-order valence-corrected chi connectivity index (χ0v) is 5.62. The molecule has 1 saturated heterocycles. The summed E-state index contributed by atoms with van der Waals surface area (Å²) < 4.78 is 11.0. The molecular weight excluding hydrogens is 122 g/mol. The summed E-state index contributed by atoms with van der Waals surface area (Å²) in [6.45, 7) is 0. The molecule has 2 unspecified atom stereocenters. The molecule has 8 heavy (non-hydrogen) atoms. The van der Waals surface area contributed by atoms with Crippen LogP contribution in [0, 0.1) is 0 Å². The van der Waals surface area contributed by atoms with E-state index in [4.69, 9.17) is 5.73 Å². The van der Waals surface area contributed by atoms with Gasteiger partial charge in [-0.1, -0.05) is 0 Å². The summed E-state index contributed by atoms with van der Waals surface area (Å²) in [5, 5.41) is 0. The van der Waals surface area contributed by atoms with Crippen molar-refractivity contribution in [1.82, 2.24) is 0 Å². The Morgan fingerprint density at radius 3 is 2.50 bits per heavy atom. The van der Waals surface area contributed by atoms with Gasteiger partial charge < -0.3 is 5.73 Å². The van der Waals surface area contributed by atoms with Crippen LogP contribution in [-0.2, 0) is 9.52 Å². The Hall–Kier alpha value is -0.0200. The highest BCUT2D eigenvalue weighted by atomic mass is 32.2. The van der Waals surface area contributed by atoms with Crippen LogP contribution in [0.25, 0.3) is 0 Å². The van der Waals surface area contributed by atoms with Gasteiger partial charge in [0, 0.05) is 17.5 Å². The van der Waals surface area contributed by atoms with Crippen LogP contribution in [0.2, 0.25) is 0 Å². The van der Waals surface area contributed by atoms with Gasteiger partial charge in [-0.15, -0.1) is 0 Å². The average Bonchev–Trinajstić information content (AvgIpc) is 1.82. The van der Waals surface area contributed by atoms with Crippen LogP contribution >= 0.6 is 0 Å². The van der Waals surface area contributed by atoms with Crippen LogP contribution in [0.5, 0.6) is 0 Å². The fourth-order valence-corrected chi connectivity index (χ4v) is 2.77. The number of hydrogen-bond donors (Lipinski definition) is 1. The van der Waals surface area contributed by atoms with Gasteiger partial charge in [-0.3, -0.25) is 4.21 Å². The zero-order valence-electron chi connectivity index (χ0n) is 4.80. The molecule has 0 amide bonds. The minimum absolute atomic E-state index is 0.153. The zero-order chi connectivity index (χ0) is 6.20. The minimum Gasteiger partial charge on any atom is -0.327 e. The molecule has 0 spiro atoms. The van der Waals surface area contributed by atoms with Crippen LogP contribution in [0.3, 0.4) is 0 Å². The van der Waals surface area contributed by atoms with E-state index in [1.807, 2.05) is 0 Å². The Morgan fingerprint density at radius 1 is 1.75 bits per heavy atom. The van der Waals surface area contributed by atoms with Crippen molar-refractivity contribution in [3.8, 4) is 0 Å². The Bertz CT molecular complexity index is 171. The van der Waals surface area contributed by atoms with Gasteiger partial charge in [0.1, 0.15) is 0 Å². The largest absolute Gasteiger partial charge is 0.327 e. The first-order chi connectivity index (χ1) is 3.60. The molecule has 1 heterocycles. The number of rotatable bonds is 0. The molecule has 1 fully saturated rings. The van der Waals surface area contributed by atoms with Crippen LogP contribution in [0.1, 0.15) is 6.42 Å². The summed E-state index contributed by atoms with van der Waals surface area (Å²) in [5.41, 5.74) is 5.49. The second-order valence-corrected chi connectivity index (χ2v) is 5.06. The second-order valence-electron chi connectivity index (χ2n) is 2.39. The minimum atomic E-state index is -1.72. The van der Waals surface area contributed by atoms with Gasteiger partial charge in [0.05, 0.1) is 0 Å². The number of hydrogen-bond acceptors (Lipinski definition) is 2. The van der Waals surface area contributed by atoms with Crippen molar-refractivity contribution in [3.05, 3.63) is 0 Å². The van der Waals surface area contributed by atoms with Crippen molar-refractivity contribution in [2.24, 2.45) is 5.73 Å². The van der Waals surface area contributed by atoms with E-state index in [-0.39, 0.29) is 6.04 Å². The van der Waals surface area contributed by atoms with E-state index < -0.39 is 9.52 Å². The molecule has 0 aromatic rings. The molecule has 1 aliphatic rings. The van der Waals surface area contributed by atoms with E-state index >= 15 is 0 Å². The van der Waals surface area contributed by atoms with Gasteiger partial charge in [-0.2, -0.15) is 0 Å². The predicted octanol–water partition coefficient (Wildman–Crippen LogP) is -0.566. The molecule has 1 rings (SSSR count). The third kappa shape index (κ3) is 1.23. The van der Waals surface area contributed by atoms with Crippen LogP contribution in [0.15, 0.2) is 0 Å². The maximum atomic E-state index is 11.0. The Kier molecular flexibility index (Phi) is 1.33. The highest BCUT2D eigenvalue weighted by Crippen LogP contribution is 2.07. The lowest BCUT2D eigenvalue weighted by molar-refractivity contribution is 0.684. The summed E-state index contributed by atoms with van der Waals surface area (Å²) in [4.78, 5) is 0. The van der Waals surface area contributed by atoms with E-state index in [0.29, 0.717) is 5.75 Å². The molecule has 0 aromatic heterocycles. The molecule has 2 atom stereocenters. The lowest BCUT2D eigenvalue weighted by atomic mass is 10.3. The second kappa shape index (κ2) is 1.74. The standard InChI is InChI=1S/C5H11NOS/c1-8(7)3-2-5(6)4-8/h5H,1-4,6H2. The van der Waals surface area contributed by atoms with E-state index in [1.54, 1.807) is 0 Å². The normalized spacial score (nSPS) is 47.4. The highest BCUT2D eigenvalue weighted by Gasteiger charge is 2.18. The fourth-order valence-electron chi connectivity index (χ4n) is 0.923. The topological polar surface area (TPSA) is 43.1 Å². The molecular formula is C5H11NOS. The highest BCUT2D eigenvalue weighted by molar-refractivity contribution is 8.00. The van der Waals surface area contributed by atoms with Gasteiger partial charge in [0.25, 0.3) is 0 Å². The molecule has 2 N–H and O–H groups in total. The summed E-state index contributed by atoms with van der Waals surface area (Å²) in [6.07, 6.45) is 0.891. The lowest BCUT2D eigenvalue weighted by Crippen LogP contribution is -2.20. The van der Waals surface area contributed by atoms with Crippen molar-refractivity contribution in [2.75, 3.05) is 11.5 Å². The summed E-state index contributed by atoms with van der Waals surface area (Å²) >= 11 is 0. The lowest BCUT2D eigenvalue weighted by Gasteiger charge is -1.95. The van der Waals surface area contributed by atoms with Gasteiger partial charge in [0.2, 0.25) is 0 Å². The van der Waals surface area contributed by atoms with Crippen molar-refractivity contribution >= 4 is 15.4 Å². The van der Waals surface area contributed by atoms with Crippen LogP contribution in [-0.4, -0.2) is 27.6 Å². The Morgan fingerprint density at radius 2 is 2.38 bits per heavy atom. The average molecular weight is 133 g/mol. The molecule has 0 aromatic carbocycles. The van der Waals surface area contributed by atoms with Crippen molar-refractivity contribution in [3.63, 3.8) is 0 Å². The third-order valence-corrected chi connectivity index (χ3v) is 3.39. The summed E-state index contributed by atoms with van der Waals surface area (Å²) in [7, 11) is -1.72. The smallest absolute Gasteiger partial charge is 0.0311 e. The molecule has 0 radical (unpaired) electrons. The Labute approximate surface area is 50.1 Å². The first-order valence-electron chi connectivity index (χ1n) is 2.68. The van der Waals surface area contributed by atoms with E-state index in [1.165, 1.54) is 0 Å². The molecule has 3 heteroatoms. The quantitative estimate of drug-likeness (QED) is 0.450. The van der Waals surface area contributed by atoms with Crippen LogP contribution in [0.4, 0.5) is 0 Å². The maximum absolute atomic E-state index is 11.0. The summed E-state index contributed by atoms with van der Waals surface area (Å²) in [5.74, 6) is 4.93. The van der Waals surface area contributed by atoms with Crippen LogP contribution < -0.4 is 5.73 Å². The number of nitrogens with two attached hydrogens (primary N) is 1. The summed E-state index contributed by atoms with van der Waals surface area (Å²) in [6, 6.07) is 0.153. The third-order valence-electron chi connectivity index (χ3n) is 1.38. The van der Waals surface area contributed by atoms with E-state index in [2.05, 4.69) is 5.87 Å². The fraction of sp³-hybridized carbons (Fsp3) is 0.800. The van der Waals surface area contributed by atoms with Gasteiger partial charge in [-0.05, 0) is 21.8 Å². The Balaban J connectivity index is 2.71. The van der Waals surface area contributed by atoms with Crippen molar-refractivity contribution < 1.29 is 4.21 Å².